The Labute approximate surface area is 156 Å². The van der Waals surface area contributed by atoms with E-state index in [-0.39, 0.29) is 5.56 Å². The molecule has 0 saturated carbocycles. The third-order valence-corrected chi connectivity index (χ3v) is 5.59. The minimum Gasteiger partial charge on any atom is -0.463 e. The molecule has 27 heavy (non-hydrogen) atoms. The maximum absolute atomic E-state index is 12.3. The number of hydrogen-bond acceptors (Lipinski definition) is 4. The highest BCUT2D eigenvalue weighted by atomic mass is 16.3. The SMILES string of the molecule is Cc1cc(-c2cn(C)c(=O)c3ccoc23)cc2cn(C3CCNCC3)nc12. The lowest BCUT2D eigenvalue weighted by molar-refractivity contribution is 0.345. The van der Waals surface area contributed by atoms with Gasteiger partial charge in [0.2, 0.25) is 0 Å². The van der Waals surface area contributed by atoms with E-state index in [1.165, 1.54) is 0 Å². The van der Waals surface area contributed by atoms with Crippen LogP contribution in [0.5, 0.6) is 0 Å². The summed E-state index contributed by atoms with van der Waals surface area (Å²) in [7, 11) is 1.78. The van der Waals surface area contributed by atoms with Crippen LogP contribution in [0.4, 0.5) is 0 Å². The van der Waals surface area contributed by atoms with Gasteiger partial charge in [0.05, 0.1) is 23.2 Å². The normalized spacial score (nSPS) is 15.8. The lowest BCUT2D eigenvalue weighted by Gasteiger charge is -2.22. The predicted molar refractivity (Wildman–Crippen MR) is 106 cm³/mol. The van der Waals surface area contributed by atoms with Gasteiger partial charge in [-0.25, -0.2) is 0 Å². The molecule has 4 heterocycles. The second kappa shape index (κ2) is 6.09. The monoisotopic (exact) mass is 362 g/mol. The summed E-state index contributed by atoms with van der Waals surface area (Å²) in [4.78, 5) is 12.3. The Bertz CT molecular complexity index is 1210. The van der Waals surface area contributed by atoms with Gasteiger partial charge in [-0.2, -0.15) is 5.10 Å². The lowest BCUT2D eigenvalue weighted by Crippen LogP contribution is -2.29. The van der Waals surface area contributed by atoms with Crippen molar-refractivity contribution in [2.75, 3.05) is 13.1 Å². The highest BCUT2D eigenvalue weighted by molar-refractivity contribution is 5.95. The van der Waals surface area contributed by atoms with E-state index in [1.54, 1.807) is 23.9 Å². The Balaban J connectivity index is 1.68. The Morgan fingerprint density at radius 1 is 1.22 bits per heavy atom. The molecule has 138 valence electrons. The molecule has 1 aromatic carbocycles. The molecular weight excluding hydrogens is 340 g/mol. The van der Waals surface area contributed by atoms with Crippen molar-refractivity contribution in [3.63, 3.8) is 0 Å². The number of aromatic nitrogens is 3. The fourth-order valence-corrected chi connectivity index (χ4v) is 4.14. The van der Waals surface area contributed by atoms with E-state index in [1.807, 2.05) is 6.20 Å². The Kier molecular flexibility index (Phi) is 3.68. The number of aryl methyl sites for hydroxylation is 2. The van der Waals surface area contributed by atoms with Gasteiger partial charge < -0.3 is 14.3 Å². The van der Waals surface area contributed by atoms with Crippen molar-refractivity contribution in [3.05, 3.63) is 52.8 Å². The van der Waals surface area contributed by atoms with Crippen molar-refractivity contribution in [2.24, 2.45) is 7.05 Å². The third-order valence-electron chi connectivity index (χ3n) is 5.59. The molecule has 1 aliphatic rings. The third kappa shape index (κ3) is 2.59. The molecular formula is C21H22N4O2. The van der Waals surface area contributed by atoms with Crippen LogP contribution in [0.25, 0.3) is 33.0 Å². The molecule has 3 aromatic heterocycles. The number of nitrogens with zero attached hydrogens (tertiary/aromatic N) is 3. The van der Waals surface area contributed by atoms with E-state index in [0.29, 0.717) is 17.0 Å². The largest absolute Gasteiger partial charge is 0.463 e. The maximum Gasteiger partial charge on any atom is 0.261 e. The van der Waals surface area contributed by atoms with Gasteiger partial charge in [-0.3, -0.25) is 9.48 Å². The van der Waals surface area contributed by atoms with Gasteiger partial charge in [-0.15, -0.1) is 0 Å². The lowest BCUT2D eigenvalue weighted by atomic mass is 10.0. The number of fused-ring (bicyclic) bond motifs is 2. The predicted octanol–water partition coefficient (Wildman–Crippen LogP) is 3.38. The van der Waals surface area contributed by atoms with E-state index in [0.717, 1.165) is 53.5 Å². The average molecular weight is 362 g/mol. The molecule has 0 unspecified atom stereocenters. The Hall–Kier alpha value is -2.86. The fourth-order valence-electron chi connectivity index (χ4n) is 4.14. The summed E-state index contributed by atoms with van der Waals surface area (Å²) in [6, 6.07) is 6.47. The fraction of sp³-hybridized carbons (Fsp3) is 0.333. The van der Waals surface area contributed by atoms with Crippen LogP contribution in [-0.2, 0) is 7.05 Å². The average Bonchev–Trinajstić information content (AvgIpc) is 3.33. The zero-order chi connectivity index (χ0) is 18.5. The molecule has 5 rings (SSSR count). The van der Waals surface area contributed by atoms with Crippen LogP contribution in [0.1, 0.15) is 24.4 Å². The number of nitrogens with one attached hydrogen (secondary N) is 1. The zero-order valence-electron chi connectivity index (χ0n) is 15.5. The van der Waals surface area contributed by atoms with Crippen molar-refractivity contribution < 1.29 is 4.42 Å². The highest BCUT2D eigenvalue weighted by Gasteiger charge is 2.18. The summed E-state index contributed by atoms with van der Waals surface area (Å²) in [6.45, 7) is 4.17. The van der Waals surface area contributed by atoms with Crippen LogP contribution < -0.4 is 10.9 Å². The summed E-state index contributed by atoms with van der Waals surface area (Å²) >= 11 is 0. The van der Waals surface area contributed by atoms with E-state index >= 15 is 0 Å². The molecule has 0 spiro atoms. The van der Waals surface area contributed by atoms with Crippen LogP contribution >= 0.6 is 0 Å². The second-order valence-electron chi connectivity index (χ2n) is 7.44. The van der Waals surface area contributed by atoms with Gasteiger partial charge in [0.1, 0.15) is 5.58 Å². The van der Waals surface area contributed by atoms with Crippen LogP contribution in [0, 0.1) is 6.92 Å². The molecule has 1 fully saturated rings. The van der Waals surface area contributed by atoms with Gasteiger partial charge in [-0.05, 0) is 62.2 Å². The summed E-state index contributed by atoms with van der Waals surface area (Å²) in [5, 5.41) is 10.0. The van der Waals surface area contributed by atoms with Crippen molar-refractivity contribution in [2.45, 2.75) is 25.8 Å². The van der Waals surface area contributed by atoms with Gasteiger partial charge >= 0.3 is 0 Å². The van der Waals surface area contributed by atoms with Crippen LogP contribution in [0.15, 0.2) is 46.1 Å². The first-order chi connectivity index (χ1) is 13.1. The second-order valence-corrected chi connectivity index (χ2v) is 7.44. The molecule has 1 N–H and O–H groups in total. The van der Waals surface area contributed by atoms with E-state index in [9.17, 15) is 4.79 Å². The first kappa shape index (κ1) is 16.3. The number of benzene rings is 1. The number of furan rings is 1. The highest BCUT2D eigenvalue weighted by Crippen LogP contribution is 2.32. The van der Waals surface area contributed by atoms with E-state index in [2.05, 4.69) is 35.3 Å². The smallest absolute Gasteiger partial charge is 0.261 e. The van der Waals surface area contributed by atoms with Gasteiger partial charge in [0, 0.05) is 30.4 Å². The molecule has 0 radical (unpaired) electrons. The first-order valence-electron chi connectivity index (χ1n) is 9.39. The van der Waals surface area contributed by atoms with Crippen LogP contribution in [0.2, 0.25) is 0 Å². The number of rotatable bonds is 2. The van der Waals surface area contributed by atoms with Crippen molar-refractivity contribution in [1.82, 2.24) is 19.7 Å². The summed E-state index contributed by atoms with van der Waals surface area (Å²) in [5.74, 6) is 0. The van der Waals surface area contributed by atoms with Gasteiger partial charge in [0.15, 0.2) is 0 Å². The summed E-state index contributed by atoms with van der Waals surface area (Å²) in [6.07, 6.45) is 7.80. The Morgan fingerprint density at radius 3 is 2.85 bits per heavy atom. The van der Waals surface area contributed by atoms with Crippen LogP contribution in [0.3, 0.4) is 0 Å². The molecule has 0 amide bonds. The number of pyridine rings is 1. The summed E-state index contributed by atoms with van der Waals surface area (Å²) in [5.41, 5.74) is 4.74. The molecule has 1 aliphatic heterocycles. The van der Waals surface area contributed by atoms with E-state index in [4.69, 9.17) is 9.52 Å². The molecule has 1 saturated heterocycles. The topological polar surface area (TPSA) is 65.0 Å². The minimum atomic E-state index is -0.0426. The molecule has 0 atom stereocenters. The molecule has 0 bridgehead atoms. The minimum absolute atomic E-state index is 0.0426. The van der Waals surface area contributed by atoms with Crippen molar-refractivity contribution >= 4 is 21.9 Å². The number of piperidine rings is 1. The molecule has 6 heteroatoms. The quantitative estimate of drug-likeness (QED) is 0.594. The Morgan fingerprint density at radius 2 is 2.04 bits per heavy atom. The number of hydrogen-bond donors (Lipinski definition) is 1. The standard InChI is InChI=1S/C21H22N4O2/c1-13-9-14(18-12-24(2)21(26)17-5-8-27-20(17)18)10-15-11-25(23-19(13)15)16-3-6-22-7-4-16/h5,8-12,16,22H,3-4,6-7H2,1-2H3. The molecule has 0 aliphatic carbocycles. The van der Waals surface area contributed by atoms with Crippen LogP contribution in [-0.4, -0.2) is 27.4 Å². The van der Waals surface area contributed by atoms with Gasteiger partial charge in [0.25, 0.3) is 5.56 Å². The van der Waals surface area contributed by atoms with Crippen molar-refractivity contribution in [1.29, 1.82) is 0 Å². The van der Waals surface area contributed by atoms with Crippen molar-refractivity contribution in [3.8, 4) is 11.1 Å². The summed E-state index contributed by atoms with van der Waals surface area (Å²) < 4.78 is 9.40. The maximum atomic E-state index is 12.3. The van der Waals surface area contributed by atoms with E-state index < -0.39 is 0 Å². The molecule has 4 aromatic rings. The van der Waals surface area contributed by atoms with Gasteiger partial charge in [-0.1, -0.05) is 0 Å². The first-order valence-corrected chi connectivity index (χ1v) is 9.39. The zero-order valence-corrected chi connectivity index (χ0v) is 15.5. The molecule has 6 nitrogen and oxygen atoms in total.